The summed E-state index contributed by atoms with van der Waals surface area (Å²) in [5.41, 5.74) is 0. The number of hydrogen-bond acceptors (Lipinski definition) is 2. The average Bonchev–Trinajstić information content (AvgIpc) is 1.67. The molecule has 2 nitrogen and oxygen atoms in total. The lowest BCUT2D eigenvalue weighted by molar-refractivity contribution is -0.130. The molecule has 0 aromatic carbocycles. The van der Waals surface area contributed by atoms with Crippen LogP contribution in [0.2, 0.25) is 0 Å². The minimum absolute atomic E-state index is 0.0195. The number of carbonyl (C=O) groups is 1. The molecule has 0 saturated carbocycles. The second-order valence-corrected chi connectivity index (χ2v) is 1.61. The summed E-state index contributed by atoms with van der Waals surface area (Å²) in [6, 6.07) is 0. The zero-order valence-corrected chi connectivity index (χ0v) is 5.40. The second-order valence-electron chi connectivity index (χ2n) is 0.999. The quantitative estimate of drug-likeness (QED) is 0.421. The van der Waals surface area contributed by atoms with Crippen LogP contribution in [0.3, 0.4) is 0 Å². The molecule has 0 rings (SSSR count). The van der Waals surface area contributed by atoms with Crippen molar-refractivity contribution in [2.24, 2.45) is 0 Å². The Morgan fingerprint density at radius 2 is 2.38 bits per heavy atom. The molecule has 1 unspecified atom stereocenters. The van der Waals surface area contributed by atoms with Gasteiger partial charge in [-0.2, -0.15) is 4.39 Å². The molecule has 0 spiro atoms. The van der Waals surface area contributed by atoms with Crippen molar-refractivity contribution >= 4 is 14.8 Å². The number of hydrogen-bond donors (Lipinski definition) is 0. The Kier molecular flexibility index (Phi) is 3.37. The van der Waals surface area contributed by atoms with E-state index in [1.54, 1.807) is 6.66 Å². The van der Waals surface area contributed by atoms with Crippen molar-refractivity contribution < 1.29 is 13.7 Å². The molecule has 8 heavy (non-hydrogen) atoms. The van der Waals surface area contributed by atoms with Crippen LogP contribution in [0.15, 0.2) is 12.4 Å². The highest BCUT2D eigenvalue weighted by molar-refractivity contribution is 7.31. The van der Waals surface area contributed by atoms with E-state index >= 15 is 0 Å². The standard InChI is InChI=1S/C4H6FO2P/c1-3(5)4(6)7-8-2/h8H,1H2,2H3. The van der Waals surface area contributed by atoms with Crippen LogP contribution < -0.4 is 0 Å². The maximum atomic E-state index is 11.6. The zero-order valence-electron chi connectivity index (χ0n) is 4.40. The van der Waals surface area contributed by atoms with Crippen molar-refractivity contribution in [2.75, 3.05) is 6.66 Å². The van der Waals surface area contributed by atoms with Gasteiger partial charge in [-0.1, -0.05) is 6.58 Å². The van der Waals surface area contributed by atoms with Gasteiger partial charge < -0.3 is 4.52 Å². The van der Waals surface area contributed by atoms with Crippen LogP contribution in [0.25, 0.3) is 0 Å². The number of carbonyl (C=O) groups excluding carboxylic acids is 1. The van der Waals surface area contributed by atoms with Crippen LogP contribution >= 0.6 is 8.81 Å². The highest BCUT2D eigenvalue weighted by atomic mass is 31.1. The van der Waals surface area contributed by atoms with Crippen molar-refractivity contribution in [3.8, 4) is 0 Å². The minimum atomic E-state index is -1.04. The topological polar surface area (TPSA) is 26.3 Å². The van der Waals surface area contributed by atoms with Gasteiger partial charge >= 0.3 is 5.97 Å². The Labute approximate surface area is 48.6 Å². The average molecular weight is 136 g/mol. The van der Waals surface area contributed by atoms with Crippen molar-refractivity contribution in [1.29, 1.82) is 0 Å². The van der Waals surface area contributed by atoms with Gasteiger partial charge in [0, 0.05) is 0 Å². The Balaban J connectivity index is 3.49. The van der Waals surface area contributed by atoms with Gasteiger partial charge in [0.25, 0.3) is 0 Å². The largest absolute Gasteiger partial charge is 0.443 e. The minimum Gasteiger partial charge on any atom is -0.443 e. The normalized spacial score (nSPS) is 9.75. The fourth-order valence-corrected chi connectivity index (χ4v) is 0.444. The van der Waals surface area contributed by atoms with E-state index in [1.807, 2.05) is 0 Å². The zero-order chi connectivity index (χ0) is 6.57. The van der Waals surface area contributed by atoms with Crippen molar-refractivity contribution in [3.63, 3.8) is 0 Å². The van der Waals surface area contributed by atoms with Crippen LogP contribution in [0.1, 0.15) is 0 Å². The summed E-state index contributed by atoms with van der Waals surface area (Å²) in [6.07, 6.45) is 0. The summed E-state index contributed by atoms with van der Waals surface area (Å²) < 4.78 is 15.8. The van der Waals surface area contributed by atoms with Crippen molar-refractivity contribution in [3.05, 3.63) is 12.4 Å². The first-order valence-electron chi connectivity index (χ1n) is 1.90. The predicted octanol–water partition coefficient (Wildman–Crippen LogP) is 1.24. The summed E-state index contributed by atoms with van der Waals surface area (Å²) in [7, 11) is -0.0195. The van der Waals surface area contributed by atoms with Crippen LogP contribution in [-0.2, 0) is 9.32 Å². The molecule has 0 saturated heterocycles. The van der Waals surface area contributed by atoms with Gasteiger partial charge in [0.1, 0.15) is 0 Å². The number of halogens is 1. The Hall–Kier alpha value is -0.430. The Bertz CT molecular complexity index is 113. The van der Waals surface area contributed by atoms with E-state index in [2.05, 4.69) is 11.1 Å². The molecule has 0 bridgehead atoms. The molecule has 0 aromatic rings. The summed E-state index contributed by atoms with van der Waals surface area (Å²) in [5.74, 6) is -2.01. The van der Waals surface area contributed by atoms with Gasteiger partial charge in [-0.15, -0.1) is 0 Å². The fourth-order valence-electron chi connectivity index (χ4n) is 0.148. The van der Waals surface area contributed by atoms with Crippen LogP contribution in [0.4, 0.5) is 4.39 Å². The molecule has 0 heterocycles. The molecular weight excluding hydrogens is 130 g/mol. The molecule has 0 aromatic heterocycles. The molecule has 0 amide bonds. The van der Waals surface area contributed by atoms with Crippen LogP contribution in [0.5, 0.6) is 0 Å². The van der Waals surface area contributed by atoms with Crippen LogP contribution in [-0.4, -0.2) is 12.6 Å². The highest BCUT2D eigenvalue weighted by Crippen LogP contribution is 2.08. The lowest BCUT2D eigenvalue weighted by atomic mass is 10.6. The van der Waals surface area contributed by atoms with Crippen molar-refractivity contribution in [1.82, 2.24) is 0 Å². The summed E-state index contributed by atoms with van der Waals surface area (Å²) >= 11 is 0. The smallest absolute Gasteiger partial charge is 0.368 e. The third kappa shape index (κ3) is 2.69. The maximum absolute atomic E-state index is 11.6. The lowest BCUT2D eigenvalue weighted by Crippen LogP contribution is -1.95. The highest BCUT2D eigenvalue weighted by Gasteiger charge is 2.03. The molecule has 0 radical (unpaired) electrons. The van der Waals surface area contributed by atoms with E-state index in [0.717, 1.165) is 0 Å². The first-order valence-corrected chi connectivity index (χ1v) is 3.31. The lowest BCUT2D eigenvalue weighted by Gasteiger charge is -1.93. The SMILES string of the molecule is C=C(F)C(=O)OPC. The first-order chi connectivity index (χ1) is 3.68. The molecule has 0 aliphatic carbocycles. The van der Waals surface area contributed by atoms with Gasteiger partial charge in [0.15, 0.2) is 0 Å². The molecular formula is C4H6FO2P. The van der Waals surface area contributed by atoms with E-state index in [1.165, 1.54) is 0 Å². The predicted molar refractivity (Wildman–Crippen MR) is 30.6 cm³/mol. The van der Waals surface area contributed by atoms with Gasteiger partial charge in [0.2, 0.25) is 5.83 Å². The molecule has 46 valence electrons. The summed E-state index contributed by atoms with van der Waals surface area (Å²) in [4.78, 5) is 10.1. The third-order valence-corrected chi connectivity index (χ3v) is 0.806. The molecule has 4 heteroatoms. The van der Waals surface area contributed by atoms with E-state index in [4.69, 9.17) is 0 Å². The van der Waals surface area contributed by atoms with Gasteiger partial charge in [-0.25, -0.2) is 4.79 Å². The summed E-state index contributed by atoms with van der Waals surface area (Å²) in [6.45, 7) is 4.36. The third-order valence-electron chi connectivity index (χ3n) is 0.416. The van der Waals surface area contributed by atoms with Crippen molar-refractivity contribution in [2.45, 2.75) is 0 Å². The summed E-state index contributed by atoms with van der Waals surface area (Å²) in [5, 5.41) is 0. The van der Waals surface area contributed by atoms with E-state index in [0.29, 0.717) is 0 Å². The molecule has 0 aliphatic heterocycles. The Morgan fingerprint density at radius 3 is 2.50 bits per heavy atom. The van der Waals surface area contributed by atoms with Gasteiger partial charge in [0.05, 0.1) is 8.81 Å². The molecule has 1 atom stereocenters. The van der Waals surface area contributed by atoms with E-state index in [-0.39, 0.29) is 8.81 Å². The Morgan fingerprint density at radius 1 is 1.88 bits per heavy atom. The fraction of sp³-hybridized carbons (Fsp3) is 0.250. The maximum Gasteiger partial charge on any atom is 0.368 e. The molecule has 0 N–H and O–H groups in total. The first kappa shape index (κ1) is 7.57. The van der Waals surface area contributed by atoms with E-state index in [9.17, 15) is 9.18 Å². The molecule has 0 aliphatic rings. The van der Waals surface area contributed by atoms with Gasteiger partial charge in [-0.05, 0) is 6.66 Å². The van der Waals surface area contributed by atoms with Crippen LogP contribution in [0, 0.1) is 0 Å². The second kappa shape index (κ2) is 3.56. The monoisotopic (exact) mass is 136 g/mol. The van der Waals surface area contributed by atoms with E-state index < -0.39 is 11.8 Å². The number of rotatable bonds is 2. The van der Waals surface area contributed by atoms with Gasteiger partial charge in [-0.3, -0.25) is 0 Å². The molecule has 0 fully saturated rings.